The third-order valence-corrected chi connectivity index (χ3v) is 2.81. The fourth-order valence-corrected chi connectivity index (χ4v) is 1.37. The molecule has 0 atom stereocenters. The number of hydrogen-bond acceptors (Lipinski definition) is 3. The third-order valence-electron chi connectivity index (χ3n) is 2.81. The molecule has 0 unspecified atom stereocenters. The fourth-order valence-electron chi connectivity index (χ4n) is 1.37. The summed E-state index contributed by atoms with van der Waals surface area (Å²) in [5.41, 5.74) is 0.694. The van der Waals surface area contributed by atoms with Crippen LogP contribution >= 0.6 is 0 Å². The van der Waals surface area contributed by atoms with E-state index in [0.717, 1.165) is 0 Å². The van der Waals surface area contributed by atoms with Crippen molar-refractivity contribution in [1.29, 1.82) is 0 Å². The molecule has 4 heteroatoms. The molecule has 3 nitrogen and oxygen atoms in total. The number of nitrogens with zero attached hydrogens (tertiary/aromatic N) is 1. The molecule has 16 heavy (non-hydrogen) atoms. The summed E-state index contributed by atoms with van der Waals surface area (Å²) in [5, 5.41) is 18.2. The van der Waals surface area contributed by atoms with Gasteiger partial charge in [0.2, 0.25) is 0 Å². The van der Waals surface area contributed by atoms with Crippen LogP contribution in [0.4, 0.5) is 10.1 Å². The highest BCUT2D eigenvalue weighted by Crippen LogP contribution is 2.24. The second kappa shape index (κ2) is 4.80. The smallest absolute Gasteiger partial charge is 0.125 e. The summed E-state index contributed by atoms with van der Waals surface area (Å²) in [6.07, 6.45) is 0. The minimum atomic E-state index is -0.472. The van der Waals surface area contributed by atoms with Gasteiger partial charge >= 0.3 is 0 Å². The Balaban J connectivity index is 3.08. The highest BCUT2D eigenvalue weighted by atomic mass is 19.1. The summed E-state index contributed by atoms with van der Waals surface area (Å²) in [6, 6.07) is 4.39. The maximum atomic E-state index is 13.3. The molecule has 0 bridgehead atoms. The van der Waals surface area contributed by atoms with Gasteiger partial charge in [0.25, 0.3) is 0 Å². The van der Waals surface area contributed by atoms with Crippen LogP contribution in [0, 0.1) is 5.82 Å². The molecule has 0 aliphatic rings. The minimum Gasteiger partial charge on any atom is -0.394 e. The van der Waals surface area contributed by atoms with Gasteiger partial charge in [-0.1, -0.05) is 0 Å². The molecule has 1 aromatic rings. The summed E-state index contributed by atoms with van der Waals surface area (Å²) in [6.45, 7) is 3.49. The number of rotatable bonds is 4. The van der Waals surface area contributed by atoms with Gasteiger partial charge in [-0.05, 0) is 37.6 Å². The summed E-state index contributed by atoms with van der Waals surface area (Å²) in [5.74, 6) is -0.387. The van der Waals surface area contributed by atoms with E-state index in [4.69, 9.17) is 5.11 Å². The topological polar surface area (TPSA) is 43.7 Å². The van der Waals surface area contributed by atoms with Crippen LogP contribution in [0.2, 0.25) is 0 Å². The van der Waals surface area contributed by atoms with E-state index in [1.54, 1.807) is 18.0 Å². The predicted octanol–water partition coefficient (Wildman–Crippen LogP) is 1.53. The van der Waals surface area contributed by atoms with Gasteiger partial charge in [-0.3, -0.25) is 0 Å². The van der Waals surface area contributed by atoms with Crippen LogP contribution in [0.3, 0.4) is 0 Å². The number of halogens is 1. The zero-order valence-electron chi connectivity index (χ0n) is 9.87. The Labute approximate surface area is 95.1 Å². The van der Waals surface area contributed by atoms with E-state index in [0.29, 0.717) is 11.3 Å². The van der Waals surface area contributed by atoms with Crippen LogP contribution in [-0.4, -0.2) is 29.4 Å². The summed E-state index contributed by atoms with van der Waals surface area (Å²) < 4.78 is 13.3. The Kier molecular flexibility index (Phi) is 3.88. The average Bonchev–Trinajstić information content (AvgIpc) is 2.27. The molecule has 0 aliphatic heterocycles. The largest absolute Gasteiger partial charge is 0.394 e. The monoisotopic (exact) mass is 227 g/mol. The van der Waals surface area contributed by atoms with E-state index in [9.17, 15) is 9.50 Å². The van der Waals surface area contributed by atoms with Gasteiger partial charge in [0.15, 0.2) is 0 Å². The summed E-state index contributed by atoms with van der Waals surface area (Å²) in [4.78, 5) is 1.79. The van der Waals surface area contributed by atoms with Gasteiger partial charge < -0.3 is 15.1 Å². The third kappa shape index (κ3) is 2.71. The van der Waals surface area contributed by atoms with Crippen LogP contribution in [0.15, 0.2) is 18.2 Å². The Morgan fingerprint density at radius 1 is 1.25 bits per heavy atom. The first kappa shape index (κ1) is 12.9. The van der Waals surface area contributed by atoms with Crippen molar-refractivity contribution in [3.05, 3.63) is 29.6 Å². The van der Waals surface area contributed by atoms with Crippen LogP contribution in [0.1, 0.15) is 19.4 Å². The lowest BCUT2D eigenvalue weighted by atomic mass is 10.0. The first-order valence-corrected chi connectivity index (χ1v) is 5.16. The van der Waals surface area contributed by atoms with E-state index in [1.165, 1.54) is 12.1 Å². The van der Waals surface area contributed by atoms with Gasteiger partial charge in [-0.15, -0.1) is 0 Å². The molecule has 0 amide bonds. The van der Waals surface area contributed by atoms with Crippen LogP contribution in [0.5, 0.6) is 0 Å². The molecule has 0 saturated heterocycles. The van der Waals surface area contributed by atoms with E-state index in [-0.39, 0.29) is 19.0 Å². The van der Waals surface area contributed by atoms with Crippen LogP contribution in [-0.2, 0) is 6.61 Å². The molecule has 0 fully saturated rings. The molecule has 0 radical (unpaired) electrons. The van der Waals surface area contributed by atoms with Gasteiger partial charge in [0, 0.05) is 12.7 Å². The Morgan fingerprint density at radius 3 is 2.38 bits per heavy atom. The van der Waals surface area contributed by atoms with E-state index < -0.39 is 5.54 Å². The fraction of sp³-hybridized carbons (Fsp3) is 0.500. The molecule has 1 aromatic carbocycles. The molecule has 90 valence electrons. The van der Waals surface area contributed by atoms with Crippen molar-refractivity contribution in [2.75, 3.05) is 18.6 Å². The lowest BCUT2D eigenvalue weighted by Gasteiger charge is -2.36. The van der Waals surface area contributed by atoms with Gasteiger partial charge in [-0.2, -0.15) is 0 Å². The first-order chi connectivity index (χ1) is 7.40. The molecular formula is C12H18FNO2. The molecule has 0 aliphatic carbocycles. The highest BCUT2D eigenvalue weighted by molar-refractivity contribution is 5.50. The van der Waals surface area contributed by atoms with Crippen LogP contribution < -0.4 is 4.90 Å². The zero-order valence-corrected chi connectivity index (χ0v) is 9.87. The SMILES string of the molecule is CN(c1cc(F)cc(CO)c1)C(C)(C)CO. The van der Waals surface area contributed by atoms with Gasteiger partial charge in [0.05, 0.1) is 18.8 Å². The van der Waals surface area contributed by atoms with Crippen molar-refractivity contribution < 1.29 is 14.6 Å². The van der Waals surface area contributed by atoms with E-state index >= 15 is 0 Å². The lowest BCUT2D eigenvalue weighted by molar-refractivity contribution is 0.216. The Bertz CT molecular complexity index is 366. The normalized spacial score (nSPS) is 11.6. The molecule has 0 aromatic heterocycles. The Hall–Kier alpha value is -1.13. The van der Waals surface area contributed by atoms with Crippen molar-refractivity contribution >= 4 is 5.69 Å². The van der Waals surface area contributed by atoms with Crippen molar-refractivity contribution in [3.8, 4) is 0 Å². The Morgan fingerprint density at radius 2 is 1.88 bits per heavy atom. The number of aliphatic hydroxyl groups excluding tert-OH is 2. The maximum Gasteiger partial charge on any atom is 0.125 e. The average molecular weight is 227 g/mol. The number of benzene rings is 1. The maximum absolute atomic E-state index is 13.3. The zero-order chi connectivity index (χ0) is 12.3. The van der Waals surface area contributed by atoms with Crippen LogP contribution in [0.25, 0.3) is 0 Å². The molecular weight excluding hydrogens is 209 g/mol. The minimum absolute atomic E-state index is 0.0333. The second-order valence-corrected chi connectivity index (χ2v) is 4.51. The lowest BCUT2D eigenvalue weighted by Crippen LogP contribution is -2.44. The van der Waals surface area contributed by atoms with E-state index in [2.05, 4.69) is 0 Å². The molecule has 0 heterocycles. The van der Waals surface area contributed by atoms with Crippen molar-refractivity contribution in [1.82, 2.24) is 0 Å². The number of aliphatic hydroxyl groups is 2. The first-order valence-electron chi connectivity index (χ1n) is 5.16. The number of likely N-dealkylation sites (N-methyl/N-ethyl adjacent to an activating group) is 1. The molecule has 2 N–H and O–H groups in total. The second-order valence-electron chi connectivity index (χ2n) is 4.51. The molecule has 1 rings (SSSR count). The summed E-state index contributed by atoms with van der Waals surface area (Å²) in [7, 11) is 1.78. The van der Waals surface area contributed by atoms with Gasteiger partial charge in [0.1, 0.15) is 5.82 Å². The standard InChI is InChI=1S/C12H18FNO2/c1-12(2,8-16)14(3)11-5-9(7-15)4-10(13)6-11/h4-6,15-16H,7-8H2,1-3H3. The van der Waals surface area contributed by atoms with Crippen molar-refractivity contribution in [3.63, 3.8) is 0 Å². The summed E-state index contributed by atoms with van der Waals surface area (Å²) >= 11 is 0. The highest BCUT2D eigenvalue weighted by Gasteiger charge is 2.23. The number of anilines is 1. The van der Waals surface area contributed by atoms with Crippen molar-refractivity contribution in [2.24, 2.45) is 0 Å². The van der Waals surface area contributed by atoms with E-state index in [1.807, 2.05) is 13.8 Å². The molecule has 0 spiro atoms. The predicted molar refractivity (Wildman–Crippen MR) is 61.9 cm³/mol. The number of hydrogen-bond donors (Lipinski definition) is 2. The molecule has 0 saturated carbocycles. The van der Waals surface area contributed by atoms with Crippen molar-refractivity contribution in [2.45, 2.75) is 26.0 Å². The van der Waals surface area contributed by atoms with Gasteiger partial charge in [-0.25, -0.2) is 4.39 Å². The quantitative estimate of drug-likeness (QED) is 0.819.